The summed E-state index contributed by atoms with van der Waals surface area (Å²) in [6.45, 7) is 7.70. The average molecular weight is 285 g/mol. The van der Waals surface area contributed by atoms with Crippen LogP contribution in [0.3, 0.4) is 0 Å². The van der Waals surface area contributed by atoms with Crippen LogP contribution >= 0.6 is 0 Å². The Morgan fingerprint density at radius 1 is 1.14 bits per heavy atom. The molecule has 0 saturated heterocycles. The third kappa shape index (κ3) is 2.61. The molecular formula is C17H19NO3. The molecule has 110 valence electrons. The number of aromatic nitrogens is 1. The highest BCUT2D eigenvalue weighted by Crippen LogP contribution is 2.26. The number of hydrogen-bond donors (Lipinski definition) is 0. The van der Waals surface area contributed by atoms with Crippen LogP contribution < -0.4 is 0 Å². The first-order chi connectivity index (χ1) is 10.0. The van der Waals surface area contributed by atoms with Gasteiger partial charge in [0.05, 0.1) is 17.7 Å². The van der Waals surface area contributed by atoms with Crippen LogP contribution in [-0.4, -0.2) is 23.4 Å². The fourth-order valence-corrected chi connectivity index (χ4v) is 2.55. The van der Waals surface area contributed by atoms with Gasteiger partial charge in [0.1, 0.15) is 0 Å². The molecule has 0 saturated carbocycles. The zero-order chi connectivity index (χ0) is 15.6. The number of carbonyl (C=O) groups excluding carboxylic acids is 2. The van der Waals surface area contributed by atoms with Crippen molar-refractivity contribution in [1.82, 2.24) is 4.57 Å². The minimum Gasteiger partial charge on any atom is -0.462 e. The van der Waals surface area contributed by atoms with Gasteiger partial charge in [-0.1, -0.05) is 17.7 Å². The quantitative estimate of drug-likeness (QED) is 0.639. The van der Waals surface area contributed by atoms with Crippen molar-refractivity contribution in [3.8, 4) is 5.69 Å². The monoisotopic (exact) mass is 285 g/mol. The number of aryl methyl sites for hydroxylation is 1. The first-order valence-electron chi connectivity index (χ1n) is 6.92. The summed E-state index contributed by atoms with van der Waals surface area (Å²) in [7, 11) is 0. The van der Waals surface area contributed by atoms with Crippen LogP contribution in [0.4, 0.5) is 0 Å². The third-order valence-corrected chi connectivity index (χ3v) is 3.58. The summed E-state index contributed by atoms with van der Waals surface area (Å²) < 4.78 is 6.98. The summed E-state index contributed by atoms with van der Waals surface area (Å²) in [6, 6.07) is 7.94. The van der Waals surface area contributed by atoms with Gasteiger partial charge in [-0.25, -0.2) is 4.79 Å². The number of rotatable bonds is 4. The molecular weight excluding hydrogens is 266 g/mol. The second kappa shape index (κ2) is 5.95. The molecule has 1 heterocycles. The number of aldehydes is 1. The summed E-state index contributed by atoms with van der Waals surface area (Å²) in [4.78, 5) is 23.5. The van der Waals surface area contributed by atoms with Crippen molar-refractivity contribution in [2.24, 2.45) is 0 Å². The van der Waals surface area contributed by atoms with E-state index in [0.29, 0.717) is 11.1 Å². The Hall–Kier alpha value is -2.36. The molecule has 0 spiro atoms. The second-order valence-corrected chi connectivity index (χ2v) is 4.97. The lowest BCUT2D eigenvalue weighted by atomic mass is 10.1. The van der Waals surface area contributed by atoms with E-state index in [9.17, 15) is 9.59 Å². The van der Waals surface area contributed by atoms with E-state index in [1.807, 2.05) is 49.6 Å². The van der Waals surface area contributed by atoms with Gasteiger partial charge in [0.2, 0.25) is 0 Å². The van der Waals surface area contributed by atoms with Gasteiger partial charge < -0.3 is 9.30 Å². The summed E-state index contributed by atoms with van der Waals surface area (Å²) in [5.74, 6) is -0.453. The van der Waals surface area contributed by atoms with Gasteiger partial charge >= 0.3 is 5.97 Å². The van der Waals surface area contributed by atoms with E-state index in [-0.39, 0.29) is 6.61 Å². The van der Waals surface area contributed by atoms with Crippen molar-refractivity contribution in [2.45, 2.75) is 27.7 Å². The van der Waals surface area contributed by atoms with E-state index in [0.717, 1.165) is 28.9 Å². The smallest absolute Gasteiger partial charge is 0.340 e. The van der Waals surface area contributed by atoms with E-state index in [1.165, 1.54) is 0 Å². The van der Waals surface area contributed by atoms with Gasteiger partial charge in [0.25, 0.3) is 0 Å². The molecule has 0 bridgehead atoms. The molecule has 0 radical (unpaired) electrons. The standard InChI is InChI=1S/C17H19NO3/c1-5-21-17(20)16-13(4)18(12(3)15(16)10-19)14-8-6-11(2)7-9-14/h6-10H,5H2,1-4H3. The molecule has 0 unspecified atom stereocenters. The fraction of sp³-hybridized carbons (Fsp3) is 0.294. The predicted octanol–water partition coefficient (Wildman–Crippen LogP) is 3.39. The molecule has 0 amide bonds. The molecule has 2 rings (SSSR count). The van der Waals surface area contributed by atoms with Gasteiger partial charge in [-0.2, -0.15) is 0 Å². The molecule has 4 heteroatoms. The summed E-state index contributed by atoms with van der Waals surface area (Å²) >= 11 is 0. The highest BCUT2D eigenvalue weighted by Gasteiger charge is 2.24. The summed E-state index contributed by atoms with van der Waals surface area (Å²) in [6.07, 6.45) is 0.722. The lowest BCUT2D eigenvalue weighted by Crippen LogP contribution is -2.08. The Morgan fingerprint density at radius 3 is 2.29 bits per heavy atom. The van der Waals surface area contributed by atoms with Crippen molar-refractivity contribution in [1.29, 1.82) is 0 Å². The Kier molecular flexibility index (Phi) is 4.26. The zero-order valence-corrected chi connectivity index (χ0v) is 12.8. The highest BCUT2D eigenvalue weighted by molar-refractivity contribution is 6.00. The first kappa shape index (κ1) is 15.0. The number of benzene rings is 1. The maximum Gasteiger partial charge on any atom is 0.340 e. The van der Waals surface area contributed by atoms with E-state index in [4.69, 9.17) is 4.74 Å². The van der Waals surface area contributed by atoms with Crippen molar-refractivity contribution in [3.63, 3.8) is 0 Å². The van der Waals surface area contributed by atoms with Gasteiger partial charge in [-0.3, -0.25) is 4.79 Å². The predicted molar refractivity (Wildman–Crippen MR) is 81.3 cm³/mol. The van der Waals surface area contributed by atoms with Crippen molar-refractivity contribution < 1.29 is 14.3 Å². The molecule has 0 aliphatic carbocycles. The van der Waals surface area contributed by atoms with Gasteiger partial charge in [-0.15, -0.1) is 0 Å². The number of nitrogens with zero attached hydrogens (tertiary/aromatic N) is 1. The Morgan fingerprint density at radius 2 is 1.76 bits per heavy atom. The average Bonchev–Trinajstić information content (AvgIpc) is 2.71. The molecule has 21 heavy (non-hydrogen) atoms. The lowest BCUT2D eigenvalue weighted by molar-refractivity contribution is 0.0523. The van der Waals surface area contributed by atoms with E-state index in [1.54, 1.807) is 6.92 Å². The molecule has 0 N–H and O–H groups in total. The number of hydrogen-bond acceptors (Lipinski definition) is 3. The maximum absolute atomic E-state index is 12.1. The first-order valence-corrected chi connectivity index (χ1v) is 6.92. The van der Waals surface area contributed by atoms with E-state index in [2.05, 4.69) is 0 Å². The number of carbonyl (C=O) groups is 2. The number of ether oxygens (including phenoxy) is 1. The molecule has 0 atom stereocenters. The maximum atomic E-state index is 12.1. The Balaban J connectivity index is 2.65. The van der Waals surface area contributed by atoms with Crippen LogP contribution in [0.1, 0.15) is 44.6 Å². The van der Waals surface area contributed by atoms with Gasteiger partial charge in [0, 0.05) is 17.1 Å². The van der Waals surface area contributed by atoms with Crippen molar-refractivity contribution in [2.75, 3.05) is 6.61 Å². The second-order valence-electron chi connectivity index (χ2n) is 4.97. The van der Waals surface area contributed by atoms with E-state index >= 15 is 0 Å². The molecule has 1 aromatic heterocycles. The third-order valence-electron chi connectivity index (χ3n) is 3.58. The van der Waals surface area contributed by atoms with E-state index < -0.39 is 5.97 Å². The molecule has 0 aliphatic heterocycles. The molecule has 1 aromatic carbocycles. The molecule has 2 aromatic rings. The number of esters is 1. The fourth-order valence-electron chi connectivity index (χ4n) is 2.55. The molecule has 0 aliphatic rings. The van der Waals surface area contributed by atoms with Crippen molar-refractivity contribution in [3.05, 3.63) is 52.3 Å². The minimum absolute atomic E-state index is 0.283. The van der Waals surface area contributed by atoms with Crippen LogP contribution in [0.15, 0.2) is 24.3 Å². The topological polar surface area (TPSA) is 48.3 Å². The van der Waals surface area contributed by atoms with Crippen LogP contribution in [-0.2, 0) is 4.74 Å². The summed E-state index contributed by atoms with van der Waals surface area (Å²) in [5.41, 5.74) is 4.29. The van der Waals surface area contributed by atoms with Gasteiger partial charge in [0.15, 0.2) is 6.29 Å². The van der Waals surface area contributed by atoms with Crippen molar-refractivity contribution >= 4 is 12.3 Å². The lowest BCUT2D eigenvalue weighted by Gasteiger charge is -2.10. The largest absolute Gasteiger partial charge is 0.462 e. The summed E-state index contributed by atoms with van der Waals surface area (Å²) in [5, 5.41) is 0. The minimum atomic E-state index is -0.453. The SMILES string of the molecule is CCOC(=O)c1c(C=O)c(C)n(-c2ccc(C)cc2)c1C. The van der Waals surface area contributed by atoms with Gasteiger partial charge in [-0.05, 0) is 39.8 Å². The highest BCUT2D eigenvalue weighted by atomic mass is 16.5. The Bertz CT molecular complexity index is 681. The molecule has 4 nitrogen and oxygen atoms in total. The molecule has 0 fully saturated rings. The van der Waals surface area contributed by atoms with Crippen LogP contribution in [0, 0.1) is 20.8 Å². The van der Waals surface area contributed by atoms with Crippen LogP contribution in [0.2, 0.25) is 0 Å². The normalized spacial score (nSPS) is 10.5. The Labute approximate surface area is 124 Å². The van der Waals surface area contributed by atoms with Crippen LogP contribution in [0.25, 0.3) is 5.69 Å². The zero-order valence-electron chi connectivity index (χ0n) is 12.8. The van der Waals surface area contributed by atoms with Crippen LogP contribution in [0.5, 0.6) is 0 Å².